The molecular formula is C28H51N3O12. The largest absolute Gasteiger partial charge is 0.381 e. The van der Waals surface area contributed by atoms with Crippen molar-refractivity contribution >= 4 is 17.7 Å². The summed E-state index contributed by atoms with van der Waals surface area (Å²) in [5.74, 6) is -1.45. The average Bonchev–Trinajstić information content (AvgIpc) is 2.97. The minimum atomic E-state index is -0.701. The second-order valence-electron chi connectivity index (χ2n) is 11.8. The van der Waals surface area contributed by atoms with Crippen LogP contribution in [0, 0.1) is 10.8 Å². The van der Waals surface area contributed by atoms with E-state index in [4.69, 9.17) is 28.4 Å². The summed E-state index contributed by atoms with van der Waals surface area (Å²) in [5, 5.41) is 32.4. The number of hydrogen-bond donors (Lipinski definition) is 3. The van der Waals surface area contributed by atoms with Crippen LogP contribution in [0.25, 0.3) is 0 Å². The first-order chi connectivity index (χ1) is 20.5. The Bertz CT molecular complexity index is 732. The quantitative estimate of drug-likeness (QED) is 0.329. The second-order valence-corrected chi connectivity index (χ2v) is 11.8. The number of amides is 3. The number of hydroxylamine groups is 6. The number of fused-ring (bicyclic) bond motifs is 30. The van der Waals surface area contributed by atoms with Crippen LogP contribution in [0.15, 0.2) is 0 Å². The summed E-state index contributed by atoms with van der Waals surface area (Å²) in [6.07, 6.45) is 1.12. The standard InChI is InChI=1S/C28H51N3O12/c1-27-18-38-12-3-9-29(35)24(32)6-15-41-21-28(2,22-42-16-7-25(33)30(36)10-4-13-39-19-27)23-43-17-8-26(34)31(37)11-5-14-40-20-27/h35-37H,3-23H2,1-2H3. The Balaban J connectivity index is 2.17. The lowest BCUT2D eigenvalue weighted by atomic mass is 9.94. The molecule has 43 heavy (non-hydrogen) atoms. The summed E-state index contributed by atoms with van der Waals surface area (Å²) in [4.78, 5) is 37.1. The molecule has 3 aliphatic rings. The van der Waals surface area contributed by atoms with Crippen LogP contribution in [0.5, 0.6) is 0 Å². The van der Waals surface area contributed by atoms with Gasteiger partial charge >= 0.3 is 0 Å². The smallest absolute Gasteiger partial charge is 0.248 e. The van der Waals surface area contributed by atoms with E-state index >= 15 is 0 Å². The molecule has 3 heterocycles. The zero-order valence-corrected chi connectivity index (χ0v) is 25.7. The lowest BCUT2D eigenvalue weighted by Gasteiger charge is -2.30. The molecule has 3 amide bonds. The number of nitrogens with zero attached hydrogens (tertiary/aromatic N) is 3. The summed E-state index contributed by atoms with van der Waals surface area (Å²) in [7, 11) is 0. The third-order valence-corrected chi connectivity index (χ3v) is 6.92. The van der Waals surface area contributed by atoms with Crippen LogP contribution in [0.2, 0.25) is 0 Å². The van der Waals surface area contributed by atoms with Crippen molar-refractivity contribution < 1.29 is 58.4 Å². The summed E-state index contributed by atoms with van der Waals surface area (Å²) in [6, 6.07) is 0. The van der Waals surface area contributed by atoms with Gasteiger partial charge in [-0.05, 0) is 19.3 Å². The van der Waals surface area contributed by atoms with Gasteiger partial charge in [0.25, 0.3) is 0 Å². The van der Waals surface area contributed by atoms with Crippen molar-refractivity contribution in [2.45, 2.75) is 52.4 Å². The highest BCUT2D eigenvalue weighted by Crippen LogP contribution is 2.21. The van der Waals surface area contributed by atoms with Gasteiger partial charge in [0.15, 0.2) is 0 Å². The normalized spacial score (nSPS) is 29.5. The maximum absolute atomic E-state index is 12.4. The number of carbonyl (C=O) groups excluding carboxylic acids is 3. The van der Waals surface area contributed by atoms with E-state index in [-0.39, 0.29) is 118 Å². The van der Waals surface area contributed by atoms with E-state index in [1.54, 1.807) is 0 Å². The van der Waals surface area contributed by atoms with Crippen molar-refractivity contribution in [1.29, 1.82) is 0 Å². The van der Waals surface area contributed by atoms with Crippen LogP contribution in [0.4, 0.5) is 0 Å². The van der Waals surface area contributed by atoms with E-state index in [0.717, 1.165) is 0 Å². The Morgan fingerprint density at radius 1 is 0.465 bits per heavy atom. The fourth-order valence-corrected chi connectivity index (χ4v) is 4.35. The topological polar surface area (TPSA) is 177 Å². The molecule has 3 saturated heterocycles. The van der Waals surface area contributed by atoms with Crippen molar-refractivity contribution in [2.75, 3.05) is 98.9 Å². The highest BCUT2D eigenvalue weighted by atomic mass is 16.5. The maximum atomic E-state index is 12.4. The van der Waals surface area contributed by atoms with Gasteiger partial charge in [0.05, 0.1) is 98.4 Å². The predicted molar refractivity (Wildman–Crippen MR) is 149 cm³/mol. The predicted octanol–water partition coefficient (Wildman–Crippen LogP) is 1.12. The maximum Gasteiger partial charge on any atom is 0.248 e. The lowest BCUT2D eigenvalue weighted by molar-refractivity contribution is -0.169. The van der Waals surface area contributed by atoms with Gasteiger partial charge in [-0.3, -0.25) is 30.0 Å². The molecule has 0 aromatic heterocycles. The van der Waals surface area contributed by atoms with E-state index in [1.807, 2.05) is 13.8 Å². The number of hydrogen-bond acceptors (Lipinski definition) is 12. The van der Waals surface area contributed by atoms with Crippen molar-refractivity contribution in [2.24, 2.45) is 10.8 Å². The first-order valence-corrected chi connectivity index (χ1v) is 15.0. The summed E-state index contributed by atoms with van der Waals surface area (Å²) in [6.45, 7) is 6.34. The molecule has 0 aromatic carbocycles. The summed E-state index contributed by atoms with van der Waals surface area (Å²) >= 11 is 0. The number of ether oxygens (including phenoxy) is 6. The molecule has 3 rings (SSSR count). The van der Waals surface area contributed by atoms with Crippen molar-refractivity contribution in [3.05, 3.63) is 0 Å². The van der Waals surface area contributed by atoms with Gasteiger partial charge < -0.3 is 28.4 Å². The van der Waals surface area contributed by atoms with Gasteiger partial charge in [0.1, 0.15) is 0 Å². The van der Waals surface area contributed by atoms with Gasteiger partial charge in [0.2, 0.25) is 17.7 Å². The van der Waals surface area contributed by atoms with Crippen LogP contribution in [0.3, 0.4) is 0 Å². The number of rotatable bonds is 0. The molecule has 0 saturated carbocycles. The fraction of sp³-hybridized carbons (Fsp3) is 0.893. The lowest BCUT2D eigenvalue weighted by Crippen LogP contribution is -2.37. The molecule has 0 radical (unpaired) electrons. The minimum Gasteiger partial charge on any atom is -0.381 e. The first kappa shape index (κ1) is 37.2. The van der Waals surface area contributed by atoms with E-state index in [2.05, 4.69) is 0 Å². The zero-order chi connectivity index (χ0) is 31.6. The molecule has 2 bridgehead atoms. The zero-order valence-electron chi connectivity index (χ0n) is 25.7. The van der Waals surface area contributed by atoms with Crippen molar-refractivity contribution in [3.63, 3.8) is 0 Å². The highest BCUT2D eigenvalue weighted by molar-refractivity contribution is 5.75. The molecule has 0 unspecified atom stereocenters. The highest BCUT2D eigenvalue weighted by Gasteiger charge is 2.28. The Labute approximate surface area is 253 Å². The van der Waals surface area contributed by atoms with Gasteiger partial charge in [0, 0.05) is 30.7 Å². The van der Waals surface area contributed by atoms with Crippen LogP contribution in [0.1, 0.15) is 52.4 Å². The first-order valence-electron chi connectivity index (χ1n) is 15.0. The molecule has 250 valence electrons. The minimum absolute atomic E-state index is 0.0381. The average molecular weight is 622 g/mol. The third kappa shape index (κ3) is 15.6. The SMILES string of the molecule is CC12COCCCN(O)C(=O)CCOCC(C)(COCCC(=O)N(O)CCCOC1)COCCC(=O)N(O)CCCOC2. The molecule has 0 aliphatic carbocycles. The van der Waals surface area contributed by atoms with E-state index < -0.39 is 28.6 Å². The van der Waals surface area contributed by atoms with Crippen LogP contribution in [-0.2, 0) is 42.8 Å². The molecule has 0 atom stereocenters. The molecule has 3 fully saturated rings. The van der Waals surface area contributed by atoms with Crippen molar-refractivity contribution in [3.8, 4) is 0 Å². The Morgan fingerprint density at radius 2 is 0.698 bits per heavy atom. The van der Waals surface area contributed by atoms with Crippen molar-refractivity contribution in [1.82, 2.24) is 15.2 Å². The fourth-order valence-electron chi connectivity index (χ4n) is 4.35. The third-order valence-electron chi connectivity index (χ3n) is 6.92. The molecule has 3 aliphatic heterocycles. The van der Waals surface area contributed by atoms with Crippen LogP contribution < -0.4 is 0 Å². The monoisotopic (exact) mass is 621 g/mol. The number of carbonyl (C=O) groups is 3. The van der Waals surface area contributed by atoms with Gasteiger partial charge in [-0.25, -0.2) is 15.2 Å². The Kier molecular flexibility index (Phi) is 17.5. The van der Waals surface area contributed by atoms with Crippen LogP contribution in [-0.4, -0.2) is 147 Å². The molecule has 0 aromatic rings. The molecule has 15 nitrogen and oxygen atoms in total. The molecular weight excluding hydrogens is 570 g/mol. The van der Waals surface area contributed by atoms with Gasteiger partial charge in [-0.2, -0.15) is 0 Å². The van der Waals surface area contributed by atoms with E-state index in [9.17, 15) is 30.0 Å². The Morgan fingerprint density at radius 3 is 0.953 bits per heavy atom. The summed E-state index contributed by atoms with van der Waals surface area (Å²) < 4.78 is 34.7. The molecule has 15 heteroatoms. The van der Waals surface area contributed by atoms with Crippen LogP contribution >= 0.6 is 0 Å². The summed E-state index contributed by atoms with van der Waals surface area (Å²) in [5.41, 5.74) is -1.26. The van der Waals surface area contributed by atoms with E-state index in [1.165, 1.54) is 0 Å². The molecule has 3 N–H and O–H groups in total. The Hall–Kier alpha value is -1.95. The van der Waals surface area contributed by atoms with Gasteiger partial charge in [-0.15, -0.1) is 0 Å². The second kappa shape index (κ2) is 20.2. The molecule has 0 spiro atoms. The van der Waals surface area contributed by atoms with Gasteiger partial charge in [-0.1, -0.05) is 13.8 Å². The van der Waals surface area contributed by atoms with E-state index in [0.29, 0.717) is 34.5 Å².